The van der Waals surface area contributed by atoms with E-state index in [0.717, 1.165) is 25.2 Å². The van der Waals surface area contributed by atoms with Gasteiger partial charge in [-0.2, -0.15) is 0 Å². The standard InChI is InChI=1S/C14H23NO3/c1-15(9-13(16)17)14(18)12-7-6-10-4-2-3-5-11(10)8-12/h10-12H,2-9H2,1H3,(H,16,17). The van der Waals surface area contributed by atoms with E-state index in [1.54, 1.807) is 7.05 Å². The Morgan fingerprint density at radius 3 is 2.44 bits per heavy atom. The zero-order valence-corrected chi connectivity index (χ0v) is 11.1. The third kappa shape index (κ3) is 3.03. The molecular formula is C14H23NO3. The Morgan fingerprint density at radius 2 is 1.78 bits per heavy atom. The van der Waals surface area contributed by atoms with Crippen LogP contribution >= 0.6 is 0 Å². The van der Waals surface area contributed by atoms with Crippen LogP contribution in [0.4, 0.5) is 0 Å². The quantitative estimate of drug-likeness (QED) is 0.838. The molecule has 3 atom stereocenters. The summed E-state index contributed by atoms with van der Waals surface area (Å²) in [6.07, 6.45) is 8.32. The van der Waals surface area contributed by atoms with Crippen LogP contribution < -0.4 is 0 Å². The number of amides is 1. The Labute approximate surface area is 108 Å². The highest BCUT2D eigenvalue weighted by atomic mass is 16.4. The van der Waals surface area contributed by atoms with Gasteiger partial charge in [-0.1, -0.05) is 25.7 Å². The van der Waals surface area contributed by atoms with Gasteiger partial charge in [0, 0.05) is 13.0 Å². The maximum atomic E-state index is 12.2. The molecule has 0 aromatic carbocycles. The van der Waals surface area contributed by atoms with Crippen LogP contribution in [0.1, 0.15) is 44.9 Å². The summed E-state index contributed by atoms with van der Waals surface area (Å²) in [4.78, 5) is 24.2. The molecule has 0 spiro atoms. The van der Waals surface area contributed by atoms with Gasteiger partial charge in [-0.25, -0.2) is 0 Å². The maximum absolute atomic E-state index is 12.2. The molecule has 102 valence electrons. The van der Waals surface area contributed by atoms with E-state index in [9.17, 15) is 9.59 Å². The van der Waals surface area contributed by atoms with Crippen LogP contribution in [0.3, 0.4) is 0 Å². The number of hydrogen-bond donors (Lipinski definition) is 1. The summed E-state index contributed by atoms with van der Waals surface area (Å²) in [5.74, 6) is 0.694. The summed E-state index contributed by atoms with van der Waals surface area (Å²) in [6.45, 7) is -0.177. The van der Waals surface area contributed by atoms with Crippen LogP contribution in [0.2, 0.25) is 0 Å². The molecule has 0 radical (unpaired) electrons. The maximum Gasteiger partial charge on any atom is 0.323 e. The number of likely N-dealkylation sites (N-methyl/N-ethyl adjacent to an activating group) is 1. The van der Waals surface area contributed by atoms with E-state index in [-0.39, 0.29) is 18.4 Å². The van der Waals surface area contributed by atoms with Gasteiger partial charge in [-0.15, -0.1) is 0 Å². The van der Waals surface area contributed by atoms with Gasteiger partial charge in [0.1, 0.15) is 6.54 Å². The van der Waals surface area contributed by atoms with Crippen LogP contribution in [-0.2, 0) is 9.59 Å². The SMILES string of the molecule is CN(CC(=O)O)C(=O)C1CCC2CCCCC2C1. The molecule has 2 fully saturated rings. The number of aliphatic carboxylic acids is 1. The zero-order valence-electron chi connectivity index (χ0n) is 11.1. The Kier molecular flexibility index (Phi) is 4.25. The minimum absolute atomic E-state index is 0.0291. The monoisotopic (exact) mass is 253 g/mol. The summed E-state index contributed by atoms with van der Waals surface area (Å²) >= 11 is 0. The van der Waals surface area contributed by atoms with Crippen molar-refractivity contribution in [3.63, 3.8) is 0 Å². The summed E-state index contributed by atoms with van der Waals surface area (Å²) < 4.78 is 0. The number of carbonyl (C=O) groups excluding carboxylic acids is 1. The molecular weight excluding hydrogens is 230 g/mol. The largest absolute Gasteiger partial charge is 0.480 e. The fourth-order valence-electron chi connectivity index (χ4n) is 3.69. The van der Waals surface area contributed by atoms with Gasteiger partial charge >= 0.3 is 5.97 Å². The van der Waals surface area contributed by atoms with Crippen molar-refractivity contribution in [3.8, 4) is 0 Å². The molecule has 0 saturated heterocycles. The second kappa shape index (κ2) is 5.72. The van der Waals surface area contributed by atoms with Gasteiger partial charge in [0.2, 0.25) is 5.91 Å². The van der Waals surface area contributed by atoms with Gasteiger partial charge in [0.05, 0.1) is 0 Å². The van der Waals surface area contributed by atoms with Crippen molar-refractivity contribution in [1.29, 1.82) is 0 Å². The van der Waals surface area contributed by atoms with E-state index >= 15 is 0 Å². The minimum Gasteiger partial charge on any atom is -0.480 e. The molecule has 4 heteroatoms. The zero-order chi connectivity index (χ0) is 13.1. The molecule has 2 aliphatic carbocycles. The number of carboxylic acid groups (broad SMARTS) is 1. The molecule has 0 heterocycles. The molecule has 2 saturated carbocycles. The first-order valence-corrected chi connectivity index (χ1v) is 7.04. The van der Waals surface area contributed by atoms with Crippen molar-refractivity contribution >= 4 is 11.9 Å². The van der Waals surface area contributed by atoms with Gasteiger partial charge in [0.25, 0.3) is 0 Å². The molecule has 1 amide bonds. The molecule has 0 aliphatic heterocycles. The van der Waals surface area contributed by atoms with Crippen molar-refractivity contribution in [2.75, 3.05) is 13.6 Å². The molecule has 2 aliphatic rings. The first kappa shape index (κ1) is 13.4. The highest BCUT2D eigenvalue weighted by Gasteiger charge is 2.36. The van der Waals surface area contributed by atoms with Crippen molar-refractivity contribution in [2.24, 2.45) is 17.8 Å². The fourth-order valence-corrected chi connectivity index (χ4v) is 3.69. The number of rotatable bonds is 3. The van der Waals surface area contributed by atoms with Crippen molar-refractivity contribution in [3.05, 3.63) is 0 Å². The Morgan fingerprint density at radius 1 is 1.11 bits per heavy atom. The Bertz CT molecular complexity index is 329. The number of nitrogens with zero attached hydrogens (tertiary/aromatic N) is 1. The van der Waals surface area contributed by atoms with E-state index in [0.29, 0.717) is 5.92 Å². The Hall–Kier alpha value is -1.06. The summed E-state index contributed by atoms with van der Waals surface area (Å²) in [7, 11) is 1.60. The normalized spacial score (nSPS) is 31.5. The molecule has 0 aromatic heterocycles. The molecule has 18 heavy (non-hydrogen) atoms. The van der Waals surface area contributed by atoms with Crippen LogP contribution in [0.15, 0.2) is 0 Å². The number of carboxylic acids is 1. The smallest absolute Gasteiger partial charge is 0.323 e. The van der Waals surface area contributed by atoms with E-state index in [2.05, 4.69) is 0 Å². The summed E-state index contributed by atoms with van der Waals surface area (Å²) in [5.41, 5.74) is 0. The number of hydrogen-bond acceptors (Lipinski definition) is 2. The van der Waals surface area contributed by atoms with Crippen molar-refractivity contribution in [2.45, 2.75) is 44.9 Å². The van der Waals surface area contributed by atoms with Crippen LogP contribution in [0, 0.1) is 17.8 Å². The average molecular weight is 253 g/mol. The lowest BCUT2D eigenvalue weighted by Gasteiger charge is -2.39. The molecule has 3 unspecified atom stereocenters. The topological polar surface area (TPSA) is 57.6 Å². The van der Waals surface area contributed by atoms with Crippen LogP contribution in [-0.4, -0.2) is 35.5 Å². The van der Waals surface area contributed by atoms with Gasteiger partial charge in [-0.05, 0) is 31.1 Å². The average Bonchev–Trinajstić information content (AvgIpc) is 2.36. The third-order valence-electron chi connectivity index (χ3n) is 4.64. The lowest BCUT2D eigenvalue weighted by atomic mass is 9.67. The molecule has 2 rings (SSSR count). The number of carbonyl (C=O) groups is 2. The molecule has 0 aromatic rings. The second-order valence-corrected chi connectivity index (χ2v) is 5.90. The predicted octanol–water partition coefficient (Wildman–Crippen LogP) is 2.14. The van der Waals surface area contributed by atoms with Crippen LogP contribution in [0.25, 0.3) is 0 Å². The van der Waals surface area contributed by atoms with Gasteiger partial charge < -0.3 is 10.0 Å². The first-order chi connectivity index (χ1) is 8.58. The highest BCUT2D eigenvalue weighted by Crippen LogP contribution is 2.42. The third-order valence-corrected chi connectivity index (χ3v) is 4.64. The minimum atomic E-state index is -0.933. The van der Waals surface area contributed by atoms with E-state index in [1.807, 2.05) is 0 Å². The predicted molar refractivity (Wildman–Crippen MR) is 68.1 cm³/mol. The molecule has 4 nitrogen and oxygen atoms in total. The molecule has 0 bridgehead atoms. The van der Waals surface area contributed by atoms with Gasteiger partial charge in [0.15, 0.2) is 0 Å². The van der Waals surface area contributed by atoms with Crippen molar-refractivity contribution in [1.82, 2.24) is 4.90 Å². The molecule has 1 N–H and O–H groups in total. The second-order valence-electron chi connectivity index (χ2n) is 5.90. The lowest BCUT2D eigenvalue weighted by molar-refractivity contribution is -0.146. The first-order valence-electron chi connectivity index (χ1n) is 7.04. The fraction of sp³-hybridized carbons (Fsp3) is 0.857. The number of fused-ring (bicyclic) bond motifs is 1. The van der Waals surface area contributed by atoms with E-state index < -0.39 is 5.97 Å². The van der Waals surface area contributed by atoms with E-state index in [4.69, 9.17) is 5.11 Å². The lowest BCUT2D eigenvalue weighted by Crippen LogP contribution is -2.40. The summed E-state index contributed by atoms with van der Waals surface area (Å²) in [6, 6.07) is 0. The van der Waals surface area contributed by atoms with E-state index in [1.165, 1.54) is 30.6 Å². The summed E-state index contributed by atoms with van der Waals surface area (Å²) in [5, 5.41) is 8.72. The highest BCUT2D eigenvalue weighted by molar-refractivity contribution is 5.82. The van der Waals surface area contributed by atoms with Crippen molar-refractivity contribution < 1.29 is 14.7 Å². The van der Waals surface area contributed by atoms with Gasteiger partial charge in [-0.3, -0.25) is 9.59 Å². The Balaban J connectivity index is 1.89. The van der Waals surface area contributed by atoms with Crippen LogP contribution in [0.5, 0.6) is 0 Å².